The minimum Gasteiger partial charge on any atom is -0.472 e. The van der Waals surface area contributed by atoms with Crippen LogP contribution in [0.3, 0.4) is 0 Å². The molecule has 1 N–H and O–H groups in total. The van der Waals surface area contributed by atoms with Crippen molar-refractivity contribution in [1.82, 2.24) is 15.3 Å². The van der Waals surface area contributed by atoms with Crippen molar-refractivity contribution in [2.75, 3.05) is 13.1 Å². The van der Waals surface area contributed by atoms with Crippen LogP contribution >= 0.6 is 0 Å². The van der Waals surface area contributed by atoms with Crippen LogP contribution in [0.1, 0.15) is 6.42 Å². The Hall–Kier alpha value is -1.88. The van der Waals surface area contributed by atoms with Gasteiger partial charge in [0.15, 0.2) is 0 Å². The van der Waals surface area contributed by atoms with E-state index in [0.717, 1.165) is 30.8 Å². The predicted octanol–water partition coefficient (Wildman–Crippen LogP) is 1.48. The molecule has 1 fully saturated rings. The fraction of sp³-hybridized carbons (Fsp3) is 0.333. The van der Waals surface area contributed by atoms with Gasteiger partial charge in [0.1, 0.15) is 11.8 Å². The van der Waals surface area contributed by atoms with Crippen LogP contribution in [-0.4, -0.2) is 29.2 Å². The number of hydrogen-bond donors (Lipinski definition) is 1. The van der Waals surface area contributed by atoms with E-state index in [1.54, 1.807) is 24.9 Å². The van der Waals surface area contributed by atoms with Gasteiger partial charge >= 0.3 is 0 Å². The fourth-order valence-electron chi connectivity index (χ4n) is 1.90. The zero-order valence-electron chi connectivity index (χ0n) is 9.30. The molecule has 0 aromatic carbocycles. The maximum atomic E-state index is 5.85. The van der Waals surface area contributed by atoms with Crippen molar-refractivity contribution in [3.05, 3.63) is 31.0 Å². The van der Waals surface area contributed by atoms with Gasteiger partial charge in [-0.3, -0.25) is 0 Å². The van der Waals surface area contributed by atoms with E-state index in [-0.39, 0.29) is 6.10 Å². The number of nitrogens with one attached hydrogen (secondary N) is 1. The van der Waals surface area contributed by atoms with Crippen LogP contribution < -0.4 is 10.1 Å². The fourth-order valence-corrected chi connectivity index (χ4v) is 1.90. The van der Waals surface area contributed by atoms with E-state index >= 15 is 0 Å². The van der Waals surface area contributed by atoms with E-state index in [9.17, 15) is 0 Å². The summed E-state index contributed by atoms with van der Waals surface area (Å²) in [5.41, 5.74) is 1.62. The molecular formula is C12H13N3O2. The first-order valence-electron chi connectivity index (χ1n) is 5.64. The van der Waals surface area contributed by atoms with Crippen LogP contribution in [0.25, 0.3) is 11.3 Å². The molecule has 0 aliphatic carbocycles. The highest BCUT2D eigenvalue weighted by Crippen LogP contribution is 2.26. The van der Waals surface area contributed by atoms with Gasteiger partial charge in [-0.2, -0.15) is 0 Å². The van der Waals surface area contributed by atoms with Crippen molar-refractivity contribution in [2.45, 2.75) is 12.5 Å². The molecule has 2 aromatic rings. The SMILES string of the molecule is c1cnc(-c2ccoc2)c(OC2CCNC2)n1. The lowest BCUT2D eigenvalue weighted by atomic mass is 10.2. The summed E-state index contributed by atoms with van der Waals surface area (Å²) in [6, 6.07) is 1.85. The first kappa shape index (κ1) is 10.3. The Morgan fingerprint density at radius 2 is 2.29 bits per heavy atom. The van der Waals surface area contributed by atoms with Gasteiger partial charge < -0.3 is 14.5 Å². The molecule has 2 aromatic heterocycles. The number of aromatic nitrogens is 2. The molecule has 1 saturated heterocycles. The summed E-state index contributed by atoms with van der Waals surface area (Å²) in [5.74, 6) is 0.572. The molecule has 0 radical (unpaired) electrons. The molecule has 1 unspecified atom stereocenters. The Morgan fingerprint density at radius 1 is 1.35 bits per heavy atom. The number of rotatable bonds is 3. The maximum Gasteiger partial charge on any atom is 0.241 e. The molecule has 0 bridgehead atoms. The van der Waals surface area contributed by atoms with Crippen molar-refractivity contribution >= 4 is 0 Å². The Balaban J connectivity index is 1.88. The topological polar surface area (TPSA) is 60.2 Å². The number of hydrogen-bond acceptors (Lipinski definition) is 5. The smallest absolute Gasteiger partial charge is 0.241 e. The van der Waals surface area contributed by atoms with Crippen molar-refractivity contribution < 1.29 is 9.15 Å². The van der Waals surface area contributed by atoms with Crippen LogP contribution in [0.4, 0.5) is 0 Å². The Morgan fingerprint density at radius 3 is 3.06 bits per heavy atom. The van der Waals surface area contributed by atoms with E-state index in [4.69, 9.17) is 9.15 Å². The average Bonchev–Trinajstić information content (AvgIpc) is 3.01. The van der Waals surface area contributed by atoms with Gasteiger partial charge in [0.25, 0.3) is 0 Å². The van der Waals surface area contributed by atoms with Gasteiger partial charge in [-0.05, 0) is 19.0 Å². The molecule has 0 amide bonds. The standard InChI is InChI=1S/C12H13N3O2/c1-3-13-7-10(1)17-12-11(14-4-5-15-12)9-2-6-16-8-9/h2,4-6,8,10,13H,1,3,7H2. The zero-order chi connectivity index (χ0) is 11.5. The van der Waals surface area contributed by atoms with Crippen LogP contribution in [-0.2, 0) is 0 Å². The molecule has 1 atom stereocenters. The molecule has 0 saturated carbocycles. The second kappa shape index (κ2) is 4.55. The van der Waals surface area contributed by atoms with Crippen LogP contribution in [0.2, 0.25) is 0 Å². The molecule has 0 spiro atoms. The minimum atomic E-state index is 0.178. The van der Waals surface area contributed by atoms with Gasteiger partial charge in [-0.15, -0.1) is 0 Å². The van der Waals surface area contributed by atoms with Gasteiger partial charge in [0.05, 0.1) is 12.5 Å². The first-order chi connectivity index (χ1) is 8.43. The van der Waals surface area contributed by atoms with Crippen LogP contribution in [0, 0.1) is 0 Å². The summed E-state index contributed by atoms with van der Waals surface area (Å²) in [7, 11) is 0. The van der Waals surface area contributed by atoms with Gasteiger partial charge in [0.2, 0.25) is 5.88 Å². The second-order valence-electron chi connectivity index (χ2n) is 3.95. The van der Waals surface area contributed by atoms with E-state index in [0.29, 0.717) is 5.88 Å². The Bertz CT molecular complexity index is 478. The first-order valence-corrected chi connectivity index (χ1v) is 5.64. The van der Waals surface area contributed by atoms with Crippen molar-refractivity contribution in [3.63, 3.8) is 0 Å². The molecule has 88 valence electrons. The lowest BCUT2D eigenvalue weighted by molar-refractivity contribution is 0.214. The Labute approximate surface area is 98.8 Å². The summed E-state index contributed by atoms with van der Waals surface area (Å²) >= 11 is 0. The maximum absolute atomic E-state index is 5.85. The number of nitrogens with zero attached hydrogens (tertiary/aromatic N) is 2. The molecule has 17 heavy (non-hydrogen) atoms. The van der Waals surface area contributed by atoms with Gasteiger partial charge in [-0.1, -0.05) is 0 Å². The van der Waals surface area contributed by atoms with Gasteiger partial charge in [-0.25, -0.2) is 9.97 Å². The molecule has 5 nitrogen and oxygen atoms in total. The van der Waals surface area contributed by atoms with Crippen molar-refractivity contribution in [3.8, 4) is 17.1 Å². The summed E-state index contributed by atoms with van der Waals surface area (Å²) in [5, 5.41) is 3.26. The van der Waals surface area contributed by atoms with Gasteiger partial charge in [0, 0.05) is 24.5 Å². The third-order valence-corrected chi connectivity index (χ3v) is 2.75. The summed E-state index contributed by atoms with van der Waals surface area (Å²) in [4.78, 5) is 8.54. The highest BCUT2D eigenvalue weighted by Gasteiger charge is 2.19. The average molecular weight is 231 g/mol. The normalized spacial score (nSPS) is 19.4. The zero-order valence-corrected chi connectivity index (χ0v) is 9.30. The minimum absolute atomic E-state index is 0.178. The molecule has 1 aliphatic rings. The molecule has 3 rings (SSSR count). The monoisotopic (exact) mass is 231 g/mol. The third-order valence-electron chi connectivity index (χ3n) is 2.75. The third kappa shape index (κ3) is 2.14. The van der Waals surface area contributed by atoms with Crippen molar-refractivity contribution in [2.24, 2.45) is 0 Å². The molecular weight excluding hydrogens is 218 g/mol. The molecule has 5 heteroatoms. The summed E-state index contributed by atoms with van der Waals surface area (Å²) in [6.07, 6.45) is 7.73. The van der Waals surface area contributed by atoms with E-state index < -0.39 is 0 Å². The van der Waals surface area contributed by atoms with E-state index in [1.807, 2.05) is 6.07 Å². The highest BCUT2D eigenvalue weighted by molar-refractivity contribution is 5.62. The second-order valence-corrected chi connectivity index (χ2v) is 3.95. The van der Waals surface area contributed by atoms with Crippen molar-refractivity contribution in [1.29, 1.82) is 0 Å². The number of furan rings is 1. The largest absolute Gasteiger partial charge is 0.472 e. The quantitative estimate of drug-likeness (QED) is 0.867. The predicted molar refractivity (Wildman–Crippen MR) is 61.6 cm³/mol. The Kier molecular flexibility index (Phi) is 2.75. The van der Waals surface area contributed by atoms with E-state index in [2.05, 4.69) is 15.3 Å². The molecule has 1 aliphatic heterocycles. The van der Waals surface area contributed by atoms with Crippen LogP contribution in [0.15, 0.2) is 35.4 Å². The summed E-state index contributed by atoms with van der Waals surface area (Å²) in [6.45, 7) is 1.85. The van der Waals surface area contributed by atoms with Crippen LogP contribution in [0.5, 0.6) is 5.88 Å². The molecule has 3 heterocycles. The lowest BCUT2D eigenvalue weighted by Crippen LogP contribution is -2.20. The number of ether oxygens (including phenoxy) is 1. The summed E-state index contributed by atoms with van der Waals surface area (Å²) < 4.78 is 10.9. The lowest BCUT2D eigenvalue weighted by Gasteiger charge is -2.13. The van der Waals surface area contributed by atoms with E-state index in [1.165, 1.54) is 0 Å². The highest BCUT2D eigenvalue weighted by atomic mass is 16.5.